The lowest BCUT2D eigenvalue weighted by Crippen LogP contribution is -2.37. The van der Waals surface area contributed by atoms with Crippen LogP contribution in [0.3, 0.4) is 0 Å². The number of hydrogen-bond donors (Lipinski definition) is 1. The summed E-state index contributed by atoms with van der Waals surface area (Å²) in [5, 5.41) is 3.40. The zero-order valence-corrected chi connectivity index (χ0v) is 17.5. The number of unbranched alkanes of at least 4 members (excludes halogenated alkanes) is 1. The first-order valence-electron chi connectivity index (χ1n) is 10.0. The van der Waals surface area contributed by atoms with Crippen molar-refractivity contribution < 1.29 is 13.2 Å². The van der Waals surface area contributed by atoms with Crippen LogP contribution in [-0.4, -0.2) is 37.8 Å². The molecule has 2 aliphatic rings. The van der Waals surface area contributed by atoms with Crippen LogP contribution in [0.1, 0.15) is 68.6 Å². The highest BCUT2D eigenvalue weighted by atomic mass is 35.5. The highest BCUT2D eigenvalue weighted by Gasteiger charge is 2.31. The molecule has 1 aromatic carbocycles. The van der Waals surface area contributed by atoms with Crippen molar-refractivity contribution in [2.24, 2.45) is 5.92 Å². The van der Waals surface area contributed by atoms with Crippen LogP contribution in [0.25, 0.3) is 0 Å². The molecular weight excluding hydrogens is 384 g/mol. The largest absolute Gasteiger partial charge is 0.349 e. The molecule has 2 unspecified atom stereocenters. The molecule has 0 bridgehead atoms. The second kappa shape index (κ2) is 8.93. The maximum atomic E-state index is 12.8. The molecule has 1 aliphatic heterocycles. The Kier molecular flexibility index (Phi) is 6.82. The van der Waals surface area contributed by atoms with Gasteiger partial charge in [0.15, 0.2) is 0 Å². The molecule has 27 heavy (non-hydrogen) atoms. The summed E-state index contributed by atoms with van der Waals surface area (Å²) < 4.78 is 27.1. The Labute approximate surface area is 167 Å². The molecule has 1 N–H and O–H groups in total. The van der Waals surface area contributed by atoms with Crippen molar-refractivity contribution in [3.8, 4) is 0 Å². The van der Waals surface area contributed by atoms with Crippen molar-refractivity contribution in [1.82, 2.24) is 9.62 Å². The van der Waals surface area contributed by atoms with Gasteiger partial charge in [0.2, 0.25) is 10.0 Å². The molecule has 7 heteroatoms. The molecule has 1 heterocycles. The summed E-state index contributed by atoms with van der Waals surface area (Å²) in [6.07, 6.45) is 8.43. The van der Waals surface area contributed by atoms with E-state index in [2.05, 4.69) is 12.2 Å². The fourth-order valence-electron chi connectivity index (χ4n) is 4.20. The number of amides is 1. The van der Waals surface area contributed by atoms with E-state index >= 15 is 0 Å². The molecule has 1 saturated heterocycles. The van der Waals surface area contributed by atoms with E-state index in [-0.39, 0.29) is 27.4 Å². The van der Waals surface area contributed by atoms with Gasteiger partial charge in [-0.05, 0) is 56.2 Å². The minimum Gasteiger partial charge on any atom is -0.349 e. The topological polar surface area (TPSA) is 66.5 Å². The Balaban J connectivity index is 1.76. The second-order valence-electron chi connectivity index (χ2n) is 7.67. The smallest absolute Gasteiger partial charge is 0.253 e. The lowest BCUT2D eigenvalue weighted by atomic mass is 9.96. The molecule has 0 radical (unpaired) electrons. The Morgan fingerprint density at radius 1 is 1.22 bits per heavy atom. The lowest BCUT2D eigenvalue weighted by molar-refractivity contribution is 0.0926. The number of nitrogens with one attached hydrogen (secondary N) is 1. The number of nitrogens with zero attached hydrogens (tertiary/aromatic N) is 1. The Bertz CT molecular complexity index is 775. The van der Waals surface area contributed by atoms with Gasteiger partial charge in [0.1, 0.15) is 0 Å². The van der Waals surface area contributed by atoms with Gasteiger partial charge in [-0.15, -0.1) is 0 Å². The van der Waals surface area contributed by atoms with Gasteiger partial charge >= 0.3 is 0 Å². The summed E-state index contributed by atoms with van der Waals surface area (Å²) in [4.78, 5) is 13.0. The zero-order valence-electron chi connectivity index (χ0n) is 15.9. The third-order valence-electron chi connectivity index (χ3n) is 5.79. The average molecular weight is 413 g/mol. The molecule has 2 atom stereocenters. The van der Waals surface area contributed by atoms with E-state index in [0.29, 0.717) is 19.0 Å². The number of halogens is 1. The Morgan fingerprint density at radius 2 is 1.96 bits per heavy atom. The standard InChI is InChI=1S/C20H29ClN2O3S/c1-2-3-7-15-8-6-9-19(15)22-20(24)17-14-16(10-11-18(17)21)27(25,26)23-12-4-5-13-23/h10-11,14-15,19H,2-9,12-13H2,1H3,(H,22,24). The van der Waals surface area contributed by atoms with E-state index in [1.807, 2.05) is 0 Å². The first kappa shape index (κ1) is 20.6. The maximum Gasteiger partial charge on any atom is 0.253 e. The number of hydrogen-bond acceptors (Lipinski definition) is 3. The predicted molar refractivity (Wildman–Crippen MR) is 108 cm³/mol. The quantitative estimate of drug-likeness (QED) is 0.729. The molecule has 1 aliphatic carbocycles. The summed E-state index contributed by atoms with van der Waals surface area (Å²) in [6, 6.07) is 4.59. The number of carbonyl (C=O) groups excluding carboxylic acids is 1. The zero-order chi connectivity index (χ0) is 19.4. The van der Waals surface area contributed by atoms with Gasteiger partial charge in [-0.3, -0.25) is 4.79 Å². The highest BCUT2D eigenvalue weighted by Crippen LogP contribution is 2.31. The molecular formula is C20H29ClN2O3S. The number of carbonyl (C=O) groups is 1. The monoisotopic (exact) mass is 412 g/mol. The van der Waals surface area contributed by atoms with Crippen molar-refractivity contribution in [2.75, 3.05) is 13.1 Å². The first-order valence-corrected chi connectivity index (χ1v) is 11.9. The van der Waals surface area contributed by atoms with E-state index in [1.54, 1.807) is 0 Å². The van der Waals surface area contributed by atoms with Crippen molar-refractivity contribution >= 4 is 27.5 Å². The lowest BCUT2D eigenvalue weighted by Gasteiger charge is -2.21. The van der Waals surface area contributed by atoms with Gasteiger partial charge in [-0.25, -0.2) is 8.42 Å². The van der Waals surface area contributed by atoms with Crippen LogP contribution in [0, 0.1) is 5.92 Å². The molecule has 0 spiro atoms. The van der Waals surface area contributed by atoms with Crippen molar-refractivity contribution in [2.45, 2.75) is 69.2 Å². The van der Waals surface area contributed by atoms with Crippen LogP contribution in [0.4, 0.5) is 0 Å². The van der Waals surface area contributed by atoms with Gasteiger partial charge in [-0.1, -0.05) is 37.8 Å². The fraction of sp³-hybridized carbons (Fsp3) is 0.650. The van der Waals surface area contributed by atoms with Crippen molar-refractivity contribution in [3.63, 3.8) is 0 Å². The van der Waals surface area contributed by atoms with Crippen LogP contribution < -0.4 is 5.32 Å². The van der Waals surface area contributed by atoms with E-state index in [0.717, 1.165) is 44.9 Å². The highest BCUT2D eigenvalue weighted by molar-refractivity contribution is 7.89. The molecule has 150 valence electrons. The molecule has 1 aromatic rings. The number of rotatable bonds is 7. The molecule has 0 aromatic heterocycles. The Hall–Kier alpha value is -1.11. The maximum absolute atomic E-state index is 12.8. The summed E-state index contributed by atoms with van der Waals surface area (Å²) >= 11 is 6.24. The van der Waals surface area contributed by atoms with E-state index in [4.69, 9.17) is 11.6 Å². The van der Waals surface area contributed by atoms with E-state index < -0.39 is 10.0 Å². The summed E-state index contributed by atoms with van der Waals surface area (Å²) in [5.41, 5.74) is 0.248. The molecule has 2 fully saturated rings. The average Bonchev–Trinajstić information content (AvgIpc) is 3.32. The minimum absolute atomic E-state index is 0.146. The van der Waals surface area contributed by atoms with Crippen LogP contribution in [0.5, 0.6) is 0 Å². The minimum atomic E-state index is -3.57. The van der Waals surface area contributed by atoms with Gasteiger partial charge in [0.25, 0.3) is 5.91 Å². The third kappa shape index (κ3) is 4.66. The van der Waals surface area contributed by atoms with Crippen molar-refractivity contribution in [3.05, 3.63) is 28.8 Å². The third-order valence-corrected chi connectivity index (χ3v) is 8.01. The van der Waals surface area contributed by atoms with E-state index in [1.165, 1.54) is 28.9 Å². The first-order chi connectivity index (χ1) is 12.9. The molecule has 1 saturated carbocycles. The summed E-state index contributed by atoms with van der Waals surface area (Å²) in [7, 11) is -3.57. The van der Waals surface area contributed by atoms with Crippen LogP contribution in [0.2, 0.25) is 5.02 Å². The molecule has 3 rings (SSSR count). The van der Waals surface area contributed by atoms with Crippen molar-refractivity contribution in [1.29, 1.82) is 0 Å². The predicted octanol–water partition coefficient (Wildman–Crippen LogP) is 4.21. The Morgan fingerprint density at radius 3 is 2.67 bits per heavy atom. The fourth-order valence-corrected chi connectivity index (χ4v) is 5.95. The summed E-state index contributed by atoms with van der Waals surface area (Å²) in [6.45, 7) is 3.25. The van der Waals surface area contributed by atoms with E-state index in [9.17, 15) is 13.2 Å². The molecule has 1 amide bonds. The number of benzene rings is 1. The second-order valence-corrected chi connectivity index (χ2v) is 10.0. The number of sulfonamides is 1. The normalized spacial score (nSPS) is 23.6. The molecule has 5 nitrogen and oxygen atoms in total. The van der Waals surface area contributed by atoms with Crippen LogP contribution in [-0.2, 0) is 10.0 Å². The van der Waals surface area contributed by atoms with Gasteiger partial charge in [-0.2, -0.15) is 4.31 Å². The van der Waals surface area contributed by atoms with Gasteiger partial charge in [0, 0.05) is 19.1 Å². The summed E-state index contributed by atoms with van der Waals surface area (Å²) in [5.74, 6) is 0.232. The van der Waals surface area contributed by atoms with Gasteiger partial charge < -0.3 is 5.32 Å². The van der Waals surface area contributed by atoms with Crippen LogP contribution >= 0.6 is 11.6 Å². The van der Waals surface area contributed by atoms with Gasteiger partial charge in [0.05, 0.1) is 15.5 Å². The SMILES string of the molecule is CCCCC1CCCC1NC(=O)c1cc(S(=O)(=O)N2CCCC2)ccc1Cl. The van der Waals surface area contributed by atoms with Crippen LogP contribution in [0.15, 0.2) is 23.1 Å².